The Balaban J connectivity index is 1.93. The van der Waals surface area contributed by atoms with Crippen LogP contribution in [0.1, 0.15) is 26.3 Å². The molecule has 2 aromatic carbocycles. The molecular weight excluding hydrogens is 276 g/mol. The standard InChI is InChI=1S/C18H18N2O2/c21-17(14-6-2-1-3-7-14)15-8-4-5-9-16(15)18(22)20-12-10-19-11-13-20/h1-9,19H,10-13H2. The Morgan fingerprint density at radius 3 is 2.09 bits per heavy atom. The van der Waals surface area contributed by atoms with E-state index in [9.17, 15) is 9.59 Å². The lowest BCUT2D eigenvalue weighted by atomic mass is 9.97. The molecule has 3 rings (SSSR count). The van der Waals surface area contributed by atoms with E-state index >= 15 is 0 Å². The van der Waals surface area contributed by atoms with E-state index in [0.717, 1.165) is 13.1 Å². The van der Waals surface area contributed by atoms with Gasteiger partial charge in [0.1, 0.15) is 0 Å². The average molecular weight is 294 g/mol. The number of hydrogen-bond donors (Lipinski definition) is 1. The first kappa shape index (κ1) is 14.5. The molecule has 0 spiro atoms. The zero-order valence-corrected chi connectivity index (χ0v) is 12.3. The number of nitrogens with zero attached hydrogens (tertiary/aromatic N) is 1. The summed E-state index contributed by atoms with van der Waals surface area (Å²) in [5, 5.41) is 3.22. The van der Waals surface area contributed by atoms with Crippen LogP contribution in [0.2, 0.25) is 0 Å². The molecule has 4 heteroatoms. The molecule has 0 atom stereocenters. The van der Waals surface area contributed by atoms with Gasteiger partial charge in [-0.3, -0.25) is 9.59 Å². The normalized spacial score (nSPS) is 14.6. The number of carbonyl (C=O) groups excluding carboxylic acids is 2. The third kappa shape index (κ3) is 2.92. The first-order valence-corrected chi connectivity index (χ1v) is 7.46. The van der Waals surface area contributed by atoms with Crippen LogP contribution in [-0.2, 0) is 0 Å². The maximum atomic E-state index is 12.7. The van der Waals surface area contributed by atoms with Crippen LogP contribution in [-0.4, -0.2) is 42.8 Å². The summed E-state index contributed by atoms with van der Waals surface area (Å²) < 4.78 is 0. The van der Waals surface area contributed by atoms with E-state index in [1.54, 1.807) is 41.3 Å². The Kier molecular flexibility index (Phi) is 4.30. The second kappa shape index (κ2) is 6.54. The SMILES string of the molecule is O=C(c1ccccc1)c1ccccc1C(=O)N1CCNCC1. The smallest absolute Gasteiger partial charge is 0.254 e. The number of nitrogens with one attached hydrogen (secondary N) is 1. The lowest BCUT2D eigenvalue weighted by molar-refractivity contribution is 0.0732. The molecule has 1 fully saturated rings. The highest BCUT2D eigenvalue weighted by Gasteiger charge is 2.23. The van der Waals surface area contributed by atoms with E-state index in [0.29, 0.717) is 29.8 Å². The molecule has 0 radical (unpaired) electrons. The summed E-state index contributed by atoms with van der Waals surface area (Å²) in [5.74, 6) is -0.180. The average Bonchev–Trinajstić information content (AvgIpc) is 2.62. The third-order valence-corrected chi connectivity index (χ3v) is 3.84. The van der Waals surface area contributed by atoms with E-state index in [2.05, 4.69) is 5.32 Å². The lowest BCUT2D eigenvalue weighted by Crippen LogP contribution is -2.46. The van der Waals surface area contributed by atoms with Crippen molar-refractivity contribution in [3.63, 3.8) is 0 Å². The summed E-state index contributed by atoms with van der Waals surface area (Å²) >= 11 is 0. The second-order valence-electron chi connectivity index (χ2n) is 5.28. The van der Waals surface area contributed by atoms with Crippen molar-refractivity contribution < 1.29 is 9.59 Å². The molecule has 1 aliphatic heterocycles. The fourth-order valence-corrected chi connectivity index (χ4v) is 2.65. The van der Waals surface area contributed by atoms with E-state index in [1.807, 2.05) is 18.2 Å². The van der Waals surface area contributed by atoms with Gasteiger partial charge in [0.25, 0.3) is 5.91 Å². The summed E-state index contributed by atoms with van der Waals surface area (Å²) in [4.78, 5) is 27.2. The molecule has 0 aliphatic carbocycles. The Morgan fingerprint density at radius 1 is 0.818 bits per heavy atom. The van der Waals surface area contributed by atoms with Gasteiger partial charge in [0, 0.05) is 37.3 Å². The van der Waals surface area contributed by atoms with Crippen molar-refractivity contribution in [1.82, 2.24) is 10.2 Å². The quantitative estimate of drug-likeness (QED) is 0.880. The molecule has 22 heavy (non-hydrogen) atoms. The van der Waals surface area contributed by atoms with Crippen molar-refractivity contribution in [2.45, 2.75) is 0 Å². The Hall–Kier alpha value is -2.46. The number of piperazine rings is 1. The van der Waals surface area contributed by atoms with Gasteiger partial charge in [-0.05, 0) is 6.07 Å². The van der Waals surface area contributed by atoms with Gasteiger partial charge in [0.05, 0.1) is 5.56 Å². The number of carbonyl (C=O) groups is 2. The predicted molar refractivity (Wildman–Crippen MR) is 85.1 cm³/mol. The highest BCUT2D eigenvalue weighted by atomic mass is 16.2. The van der Waals surface area contributed by atoms with Gasteiger partial charge in [0.2, 0.25) is 0 Å². The van der Waals surface area contributed by atoms with Gasteiger partial charge in [-0.1, -0.05) is 48.5 Å². The Labute approximate surface area is 129 Å². The number of benzene rings is 2. The summed E-state index contributed by atoms with van der Waals surface area (Å²) in [6, 6.07) is 16.1. The van der Waals surface area contributed by atoms with Crippen molar-refractivity contribution in [3.8, 4) is 0 Å². The van der Waals surface area contributed by atoms with Crippen molar-refractivity contribution >= 4 is 11.7 Å². The maximum absolute atomic E-state index is 12.7. The molecule has 1 heterocycles. The first-order valence-electron chi connectivity index (χ1n) is 7.46. The molecule has 1 saturated heterocycles. The van der Waals surface area contributed by atoms with Gasteiger partial charge in [-0.25, -0.2) is 0 Å². The topological polar surface area (TPSA) is 49.4 Å². The predicted octanol–water partition coefficient (Wildman–Crippen LogP) is 1.96. The van der Waals surface area contributed by atoms with Gasteiger partial charge in [-0.15, -0.1) is 0 Å². The van der Waals surface area contributed by atoms with E-state index in [1.165, 1.54) is 0 Å². The highest BCUT2D eigenvalue weighted by molar-refractivity contribution is 6.15. The van der Waals surface area contributed by atoms with Crippen LogP contribution in [0.4, 0.5) is 0 Å². The molecule has 1 amide bonds. The van der Waals surface area contributed by atoms with Crippen LogP contribution >= 0.6 is 0 Å². The number of rotatable bonds is 3. The number of amides is 1. The molecule has 4 nitrogen and oxygen atoms in total. The fourth-order valence-electron chi connectivity index (χ4n) is 2.65. The van der Waals surface area contributed by atoms with Crippen molar-refractivity contribution in [3.05, 3.63) is 71.3 Å². The van der Waals surface area contributed by atoms with Gasteiger partial charge >= 0.3 is 0 Å². The van der Waals surface area contributed by atoms with Gasteiger partial charge in [-0.2, -0.15) is 0 Å². The van der Waals surface area contributed by atoms with Gasteiger partial charge < -0.3 is 10.2 Å². The zero-order valence-electron chi connectivity index (χ0n) is 12.3. The highest BCUT2D eigenvalue weighted by Crippen LogP contribution is 2.17. The van der Waals surface area contributed by atoms with Crippen LogP contribution in [0.15, 0.2) is 54.6 Å². The zero-order chi connectivity index (χ0) is 15.4. The monoisotopic (exact) mass is 294 g/mol. The molecule has 2 aromatic rings. The summed E-state index contributed by atoms with van der Waals surface area (Å²) in [6.45, 7) is 2.93. The molecule has 1 aliphatic rings. The molecule has 0 unspecified atom stereocenters. The van der Waals surface area contributed by atoms with Crippen molar-refractivity contribution in [1.29, 1.82) is 0 Å². The van der Waals surface area contributed by atoms with E-state index in [4.69, 9.17) is 0 Å². The summed E-state index contributed by atoms with van der Waals surface area (Å²) in [6.07, 6.45) is 0. The molecule has 0 bridgehead atoms. The van der Waals surface area contributed by atoms with E-state index < -0.39 is 0 Å². The minimum absolute atomic E-state index is 0.0682. The number of ketones is 1. The lowest BCUT2D eigenvalue weighted by Gasteiger charge is -2.28. The van der Waals surface area contributed by atoms with Crippen LogP contribution in [0.25, 0.3) is 0 Å². The molecular formula is C18H18N2O2. The number of hydrogen-bond acceptors (Lipinski definition) is 3. The minimum Gasteiger partial charge on any atom is -0.336 e. The Bertz CT molecular complexity index is 676. The van der Waals surface area contributed by atoms with E-state index in [-0.39, 0.29) is 11.7 Å². The summed E-state index contributed by atoms with van der Waals surface area (Å²) in [5.41, 5.74) is 1.55. The molecule has 0 saturated carbocycles. The third-order valence-electron chi connectivity index (χ3n) is 3.84. The molecule has 1 N–H and O–H groups in total. The van der Waals surface area contributed by atoms with Crippen molar-refractivity contribution in [2.75, 3.05) is 26.2 Å². The van der Waals surface area contributed by atoms with Crippen LogP contribution < -0.4 is 5.32 Å². The maximum Gasteiger partial charge on any atom is 0.254 e. The Morgan fingerprint density at radius 2 is 1.41 bits per heavy atom. The van der Waals surface area contributed by atoms with Crippen LogP contribution in [0.5, 0.6) is 0 Å². The molecule has 112 valence electrons. The summed E-state index contributed by atoms with van der Waals surface area (Å²) in [7, 11) is 0. The second-order valence-corrected chi connectivity index (χ2v) is 5.28. The first-order chi connectivity index (χ1) is 10.8. The molecule has 0 aromatic heterocycles. The largest absolute Gasteiger partial charge is 0.336 e. The fraction of sp³-hybridized carbons (Fsp3) is 0.222. The van der Waals surface area contributed by atoms with Crippen LogP contribution in [0, 0.1) is 0 Å². The minimum atomic E-state index is -0.111. The van der Waals surface area contributed by atoms with Crippen LogP contribution in [0.3, 0.4) is 0 Å². The van der Waals surface area contributed by atoms with Gasteiger partial charge in [0.15, 0.2) is 5.78 Å². The van der Waals surface area contributed by atoms with Crippen molar-refractivity contribution in [2.24, 2.45) is 0 Å².